The molecular formula is C32H39N3O4S. The molecule has 0 spiro atoms. The predicted octanol–water partition coefficient (Wildman–Crippen LogP) is 6.13. The fourth-order valence-corrected chi connectivity index (χ4v) is 6.21. The van der Waals surface area contributed by atoms with Gasteiger partial charge in [0.05, 0.1) is 18.0 Å². The van der Waals surface area contributed by atoms with E-state index in [9.17, 15) is 9.59 Å². The number of aromatic nitrogens is 1. The Morgan fingerprint density at radius 2 is 1.85 bits per heavy atom. The number of carbonyl (C=O) groups is 1. The first-order valence-corrected chi connectivity index (χ1v) is 15.3. The lowest BCUT2D eigenvalue weighted by atomic mass is 10.1. The Morgan fingerprint density at radius 3 is 2.67 bits per heavy atom. The first-order chi connectivity index (χ1) is 19.5. The zero-order chi connectivity index (χ0) is 27.9. The first-order valence-electron chi connectivity index (χ1n) is 14.4. The van der Waals surface area contributed by atoms with Crippen LogP contribution < -0.4 is 15.2 Å². The summed E-state index contributed by atoms with van der Waals surface area (Å²) in [7, 11) is 0. The van der Waals surface area contributed by atoms with Crippen LogP contribution in [0.5, 0.6) is 5.75 Å². The minimum absolute atomic E-state index is 0.0951. The zero-order valence-corrected chi connectivity index (χ0v) is 24.3. The molecule has 0 saturated carbocycles. The summed E-state index contributed by atoms with van der Waals surface area (Å²) in [4.78, 5) is 29.9. The lowest BCUT2D eigenvalue weighted by molar-refractivity contribution is -0.152. The van der Waals surface area contributed by atoms with Gasteiger partial charge in [0.15, 0.2) is 6.73 Å². The molecule has 1 aliphatic heterocycles. The van der Waals surface area contributed by atoms with Gasteiger partial charge >= 0.3 is 5.97 Å². The van der Waals surface area contributed by atoms with E-state index in [1.165, 1.54) is 26.4 Å². The third-order valence-electron chi connectivity index (χ3n) is 7.75. The molecule has 0 amide bonds. The number of hydrogen-bond donors (Lipinski definition) is 0. The zero-order valence-electron chi connectivity index (χ0n) is 23.5. The molecule has 1 aliphatic rings. The van der Waals surface area contributed by atoms with Crippen LogP contribution in [0.4, 0.5) is 5.69 Å². The number of rotatable bonds is 12. The third-order valence-corrected chi connectivity index (χ3v) is 8.63. The van der Waals surface area contributed by atoms with E-state index in [0.29, 0.717) is 17.9 Å². The van der Waals surface area contributed by atoms with Gasteiger partial charge < -0.3 is 14.4 Å². The lowest BCUT2D eigenvalue weighted by Gasteiger charge is -2.36. The fraction of sp³-hybridized carbons (Fsp3) is 0.438. The summed E-state index contributed by atoms with van der Waals surface area (Å²) in [6.45, 7) is 9.74. The van der Waals surface area contributed by atoms with Crippen molar-refractivity contribution in [3.8, 4) is 5.75 Å². The normalized spacial score (nSPS) is 15.0. The van der Waals surface area contributed by atoms with Gasteiger partial charge in [0.1, 0.15) is 5.75 Å². The van der Waals surface area contributed by atoms with Crippen LogP contribution in [0, 0.1) is 5.92 Å². The second kappa shape index (κ2) is 13.3. The van der Waals surface area contributed by atoms with Crippen LogP contribution in [0.2, 0.25) is 0 Å². The molecule has 1 unspecified atom stereocenters. The van der Waals surface area contributed by atoms with Crippen molar-refractivity contribution in [2.75, 3.05) is 44.2 Å². The first kappa shape index (κ1) is 28.2. The molecule has 5 rings (SSSR count). The van der Waals surface area contributed by atoms with E-state index >= 15 is 0 Å². The highest BCUT2D eigenvalue weighted by atomic mass is 32.1. The molecule has 212 valence electrons. The van der Waals surface area contributed by atoms with E-state index in [0.717, 1.165) is 63.8 Å². The van der Waals surface area contributed by atoms with Crippen molar-refractivity contribution in [2.45, 2.75) is 46.3 Å². The highest BCUT2D eigenvalue weighted by Gasteiger charge is 2.19. The van der Waals surface area contributed by atoms with Crippen molar-refractivity contribution in [3.05, 3.63) is 70.3 Å². The number of anilines is 1. The summed E-state index contributed by atoms with van der Waals surface area (Å²) in [6, 6.07) is 17.9. The number of hydrogen-bond acceptors (Lipinski definition) is 7. The molecule has 7 nitrogen and oxygen atoms in total. The average molecular weight is 562 g/mol. The van der Waals surface area contributed by atoms with Crippen LogP contribution in [0.25, 0.3) is 21.0 Å². The number of unbranched alkanes of at least 4 members (excludes halogenated alkanes) is 1. The van der Waals surface area contributed by atoms with Gasteiger partial charge in [-0.15, -0.1) is 11.3 Å². The van der Waals surface area contributed by atoms with Crippen LogP contribution in [-0.4, -0.2) is 54.8 Å². The monoisotopic (exact) mass is 561 g/mol. The van der Waals surface area contributed by atoms with Gasteiger partial charge in [-0.2, -0.15) is 0 Å². The molecule has 2 aromatic heterocycles. The summed E-state index contributed by atoms with van der Waals surface area (Å²) >= 11 is 1.81. The number of benzene rings is 2. The number of ether oxygens (including phenoxy) is 2. The van der Waals surface area contributed by atoms with Gasteiger partial charge in [0, 0.05) is 54.1 Å². The van der Waals surface area contributed by atoms with E-state index < -0.39 is 0 Å². The van der Waals surface area contributed by atoms with Crippen molar-refractivity contribution < 1.29 is 14.3 Å². The highest BCUT2D eigenvalue weighted by molar-refractivity contribution is 7.17. The van der Waals surface area contributed by atoms with Crippen LogP contribution in [-0.2, 0) is 16.3 Å². The van der Waals surface area contributed by atoms with Gasteiger partial charge in [-0.05, 0) is 73.0 Å². The van der Waals surface area contributed by atoms with Gasteiger partial charge in [0.25, 0.3) is 5.56 Å². The number of carbonyl (C=O) groups excluding carboxylic acids is 1. The van der Waals surface area contributed by atoms with Crippen molar-refractivity contribution in [1.82, 2.24) is 9.47 Å². The van der Waals surface area contributed by atoms with Gasteiger partial charge in [0.2, 0.25) is 0 Å². The van der Waals surface area contributed by atoms with Crippen LogP contribution in [0.1, 0.15) is 39.5 Å². The van der Waals surface area contributed by atoms with Crippen LogP contribution in [0.3, 0.4) is 0 Å². The maximum atomic E-state index is 12.6. The molecule has 0 bridgehead atoms. The Morgan fingerprint density at radius 1 is 1.02 bits per heavy atom. The van der Waals surface area contributed by atoms with Crippen molar-refractivity contribution in [3.63, 3.8) is 0 Å². The summed E-state index contributed by atoms with van der Waals surface area (Å²) in [5.41, 5.74) is 1.86. The summed E-state index contributed by atoms with van der Waals surface area (Å²) < 4.78 is 14.4. The molecule has 3 heterocycles. The Hall–Kier alpha value is -3.36. The summed E-state index contributed by atoms with van der Waals surface area (Å²) in [5, 5.41) is 4.45. The molecule has 4 aromatic rings. The van der Waals surface area contributed by atoms with E-state index in [4.69, 9.17) is 9.47 Å². The van der Waals surface area contributed by atoms with Gasteiger partial charge in [-0.3, -0.25) is 19.1 Å². The number of thiophene rings is 1. The van der Waals surface area contributed by atoms with E-state index in [1.807, 2.05) is 32.0 Å². The largest absolute Gasteiger partial charge is 0.494 e. The maximum absolute atomic E-state index is 12.6. The molecule has 1 saturated heterocycles. The smallest absolute Gasteiger partial charge is 0.310 e. The van der Waals surface area contributed by atoms with Crippen molar-refractivity contribution in [2.24, 2.45) is 5.92 Å². The predicted molar refractivity (Wildman–Crippen MR) is 164 cm³/mol. The van der Waals surface area contributed by atoms with Gasteiger partial charge in [-0.25, -0.2) is 0 Å². The summed E-state index contributed by atoms with van der Waals surface area (Å²) in [6.07, 6.45) is 3.71. The Balaban J connectivity index is 1.08. The summed E-state index contributed by atoms with van der Waals surface area (Å²) in [5.74, 6) is 0.257. The Kier molecular flexibility index (Phi) is 9.39. The van der Waals surface area contributed by atoms with E-state index in [2.05, 4.69) is 39.4 Å². The second-order valence-electron chi connectivity index (χ2n) is 10.6. The van der Waals surface area contributed by atoms with Crippen LogP contribution >= 0.6 is 11.3 Å². The Labute approximate surface area is 239 Å². The lowest BCUT2D eigenvalue weighted by Crippen LogP contribution is -2.46. The van der Waals surface area contributed by atoms with Crippen molar-refractivity contribution >= 4 is 44.0 Å². The minimum Gasteiger partial charge on any atom is -0.494 e. The molecule has 1 atom stereocenters. The number of pyridine rings is 1. The number of piperazine rings is 1. The molecule has 8 heteroatoms. The molecule has 2 aromatic carbocycles. The molecule has 0 N–H and O–H groups in total. The molecule has 0 radical (unpaired) electrons. The molecular weight excluding hydrogens is 522 g/mol. The number of nitrogens with zero attached hydrogens (tertiary/aromatic N) is 3. The third kappa shape index (κ3) is 6.67. The standard InChI is InChI=1S/C32H39N3O4S/c1-3-7-24(2)32(37)39-23-35-29-22-26(12-10-25(29)11-13-31(35)36)38-20-5-4-15-33-16-18-34(19-17-33)28-8-6-9-30-27(28)14-21-40-30/h6,8-14,21-22,24H,3-5,7,15-20,23H2,1-2H3. The Bertz CT molecular complexity index is 1490. The van der Waals surface area contributed by atoms with Crippen molar-refractivity contribution in [1.29, 1.82) is 0 Å². The highest BCUT2D eigenvalue weighted by Crippen LogP contribution is 2.31. The average Bonchev–Trinajstić information content (AvgIpc) is 3.46. The minimum atomic E-state index is -0.278. The topological polar surface area (TPSA) is 64.0 Å². The molecule has 1 fully saturated rings. The quantitative estimate of drug-likeness (QED) is 0.153. The number of esters is 1. The molecule has 40 heavy (non-hydrogen) atoms. The maximum Gasteiger partial charge on any atom is 0.310 e. The number of fused-ring (bicyclic) bond motifs is 2. The fourth-order valence-electron chi connectivity index (χ4n) is 5.41. The SMILES string of the molecule is CCCC(C)C(=O)OCn1c(=O)ccc2ccc(OCCCCN3CCN(c4cccc5sccc45)CC3)cc21. The van der Waals surface area contributed by atoms with Gasteiger partial charge in [-0.1, -0.05) is 26.3 Å². The van der Waals surface area contributed by atoms with E-state index in [-0.39, 0.29) is 24.2 Å². The molecule has 0 aliphatic carbocycles. The van der Waals surface area contributed by atoms with Crippen LogP contribution in [0.15, 0.2) is 64.8 Å². The van der Waals surface area contributed by atoms with E-state index in [1.54, 1.807) is 17.4 Å². The second-order valence-corrected chi connectivity index (χ2v) is 11.5.